The molecule has 1 aromatic carbocycles. The smallest absolute Gasteiger partial charge is 0.242 e. The topological polar surface area (TPSA) is 92.9 Å². The second-order valence-corrected chi connectivity index (χ2v) is 4.39. The zero-order valence-corrected chi connectivity index (χ0v) is 10.4. The molecule has 0 saturated carbocycles. The van der Waals surface area contributed by atoms with Crippen LogP contribution in [0.15, 0.2) is 24.3 Å². The maximum Gasteiger partial charge on any atom is 0.242 e. The fourth-order valence-corrected chi connectivity index (χ4v) is 2.06. The molecule has 0 aliphatic carbocycles. The van der Waals surface area contributed by atoms with Gasteiger partial charge in [0, 0.05) is 12.1 Å². The fraction of sp³-hybridized carbons (Fsp3) is 0.385. The minimum Gasteiger partial charge on any atom is -0.508 e. The van der Waals surface area contributed by atoms with E-state index in [1.165, 1.54) is 11.0 Å². The molecule has 2 rings (SSSR count). The Hall–Kier alpha value is -2.08. The lowest BCUT2D eigenvalue weighted by molar-refractivity contribution is -0.146. The molecule has 0 bridgehead atoms. The number of primary amides is 1. The SMILES string of the molecule is NC(=O)C1COCCN1C(=O)Cc1ccccc1O. The Kier molecular flexibility index (Phi) is 4.01. The number of phenolic OH excluding ortho intramolecular Hbond substituents is 1. The second kappa shape index (κ2) is 5.71. The summed E-state index contributed by atoms with van der Waals surface area (Å²) in [5, 5.41) is 9.65. The fourth-order valence-electron chi connectivity index (χ4n) is 2.06. The Balaban J connectivity index is 2.10. The van der Waals surface area contributed by atoms with Gasteiger partial charge in [-0.15, -0.1) is 0 Å². The summed E-state index contributed by atoms with van der Waals surface area (Å²) >= 11 is 0. The molecule has 0 radical (unpaired) electrons. The first-order chi connectivity index (χ1) is 9.09. The van der Waals surface area contributed by atoms with Crippen LogP contribution in [-0.2, 0) is 20.7 Å². The van der Waals surface area contributed by atoms with Crippen molar-refractivity contribution in [2.45, 2.75) is 12.5 Å². The summed E-state index contributed by atoms with van der Waals surface area (Å²) in [6.07, 6.45) is 0.0381. The molecule has 1 aliphatic heterocycles. The molecular weight excluding hydrogens is 248 g/mol. The van der Waals surface area contributed by atoms with Gasteiger partial charge in [0.05, 0.1) is 19.6 Å². The number of ether oxygens (including phenoxy) is 1. The summed E-state index contributed by atoms with van der Waals surface area (Å²) in [6.45, 7) is 0.845. The van der Waals surface area contributed by atoms with Crippen LogP contribution in [0, 0.1) is 0 Å². The maximum absolute atomic E-state index is 12.2. The van der Waals surface area contributed by atoms with Crippen LogP contribution in [0.3, 0.4) is 0 Å². The zero-order chi connectivity index (χ0) is 13.8. The van der Waals surface area contributed by atoms with Crippen molar-refractivity contribution in [3.05, 3.63) is 29.8 Å². The molecule has 3 N–H and O–H groups in total. The van der Waals surface area contributed by atoms with Crippen LogP contribution in [0.4, 0.5) is 0 Å². The summed E-state index contributed by atoms with van der Waals surface area (Å²) in [5.74, 6) is -0.751. The van der Waals surface area contributed by atoms with Crippen molar-refractivity contribution in [1.82, 2.24) is 4.90 Å². The van der Waals surface area contributed by atoms with E-state index in [0.29, 0.717) is 18.7 Å². The number of hydrogen-bond donors (Lipinski definition) is 2. The van der Waals surface area contributed by atoms with Crippen LogP contribution in [0.5, 0.6) is 5.75 Å². The van der Waals surface area contributed by atoms with E-state index >= 15 is 0 Å². The second-order valence-electron chi connectivity index (χ2n) is 4.39. The third-order valence-corrected chi connectivity index (χ3v) is 3.11. The molecule has 1 aliphatic rings. The average molecular weight is 264 g/mol. The predicted octanol–water partition coefficient (Wildman–Crippen LogP) is -0.353. The molecule has 1 saturated heterocycles. The number of carbonyl (C=O) groups is 2. The van der Waals surface area contributed by atoms with Crippen molar-refractivity contribution in [2.75, 3.05) is 19.8 Å². The van der Waals surface area contributed by atoms with E-state index in [1.54, 1.807) is 18.2 Å². The van der Waals surface area contributed by atoms with Crippen molar-refractivity contribution in [2.24, 2.45) is 5.73 Å². The summed E-state index contributed by atoms with van der Waals surface area (Å²) in [6, 6.07) is 5.89. The Morgan fingerprint density at radius 3 is 2.84 bits per heavy atom. The van der Waals surface area contributed by atoms with Gasteiger partial charge in [0.15, 0.2) is 0 Å². The van der Waals surface area contributed by atoms with Crippen LogP contribution in [0.25, 0.3) is 0 Å². The van der Waals surface area contributed by atoms with Crippen molar-refractivity contribution < 1.29 is 19.4 Å². The van der Waals surface area contributed by atoms with Crippen molar-refractivity contribution in [1.29, 1.82) is 0 Å². The predicted molar refractivity (Wildman–Crippen MR) is 67.3 cm³/mol. The third kappa shape index (κ3) is 3.03. The van der Waals surface area contributed by atoms with E-state index in [4.69, 9.17) is 10.5 Å². The third-order valence-electron chi connectivity index (χ3n) is 3.11. The largest absolute Gasteiger partial charge is 0.508 e. The van der Waals surface area contributed by atoms with Crippen LogP contribution >= 0.6 is 0 Å². The minimum absolute atomic E-state index is 0.0381. The lowest BCUT2D eigenvalue weighted by Gasteiger charge is -2.33. The van der Waals surface area contributed by atoms with E-state index in [-0.39, 0.29) is 24.7 Å². The molecule has 19 heavy (non-hydrogen) atoms. The number of nitrogens with zero attached hydrogens (tertiary/aromatic N) is 1. The van der Waals surface area contributed by atoms with Gasteiger partial charge in [-0.1, -0.05) is 18.2 Å². The molecule has 0 spiro atoms. The Labute approximate surface area is 110 Å². The van der Waals surface area contributed by atoms with Crippen molar-refractivity contribution >= 4 is 11.8 Å². The summed E-state index contributed by atoms with van der Waals surface area (Å²) in [5.41, 5.74) is 5.79. The van der Waals surface area contributed by atoms with Crippen LogP contribution in [-0.4, -0.2) is 47.6 Å². The van der Waals surface area contributed by atoms with E-state index in [9.17, 15) is 14.7 Å². The van der Waals surface area contributed by atoms with Gasteiger partial charge in [-0.2, -0.15) is 0 Å². The van der Waals surface area contributed by atoms with Gasteiger partial charge >= 0.3 is 0 Å². The highest BCUT2D eigenvalue weighted by Gasteiger charge is 2.31. The highest BCUT2D eigenvalue weighted by molar-refractivity contribution is 5.88. The Morgan fingerprint density at radius 2 is 2.16 bits per heavy atom. The molecule has 0 aromatic heterocycles. The molecule has 6 nitrogen and oxygen atoms in total. The Morgan fingerprint density at radius 1 is 1.42 bits per heavy atom. The lowest BCUT2D eigenvalue weighted by atomic mass is 10.1. The zero-order valence-electron chi connectivity index (χ0n) is 10.4. The normalized spacial score (nSPS) is 19.2. The molecule has 1 aromatic rings. The quantitative estimate of drug-likeness (QED) is 0.780. The van der Waals surface area contributed by atoms with Gasteiger partial charge in [0.2, 0.25) is 11.8 Å². The first kappa shape index (κ1) is 13.4. The van der Waals surface area contributed by atoms with E-state index in [1.807, 2.05) is 0 Å². The summed E-state index contributed by atoms with van der Waals surface area (Å²) < 4.78 is 5.15. The molecule has 102 valence electrons. The molecular formula is C13H16N2O4. The number of aromatic hydroxyl groups is 1. The van der Waals surface area contributed by atoms with E-state index in [2.05, 4.69) is 0 Å². The van der Waals surface area contributed by atoms with E-state index in [0.717, 1.165) is 0 Å². The molecule has 2 amide bonds. The minimum atomic E-state index is -0.730. The van der Waals surface area contributed by atoms with Crippen LogP contribution in [0.1, 0.15) is 5.56 Å². The monoisotopic (exact) mass is 264 g/mol. The molecule has 1 atom stereocenters. The number of carbonyl (C=O) groups excluding carboxylic acids is 2. The molecule has 1 heterocycles. The number of nitrogens with two attached hydrogens (primary N) is 1. The van der Waals surface area contributed by atoms with Crippen molar-refractivity contribution in [3.63, 3.8) is 0 Å². The lowest BCUT2D eigenvalue weighted by Crippen LogP contribution is -2.55. The number of benzene rings is 1. The number of para-hydroxylation sites is 1. The van der Waals surface area contributed by atoms with Gasteiger partial charge in [0.1, 0.15) is 11.8 Å². The number of rotatable bonds is 3. The van der Waals surface area contributed by atoms with Gasteiger partial charge in [-0.05, 0) is 6.07 Å². The van der Waals surface area contributed by atoms with Crippen molar-refractivity contribution in [3.8, 4) is 5.75 Å². The van der Waals surface area contributed by atoms with E-state index < -0.39 is 11.9 Å². The van der Waals surface area contributed by atoms with Gasteiger partial charge < -0.3 is 20.5 Å². The molecule has 1 fully saturated rings. The first-order valence-electron chi connectivity index (χ1n) is 6.03. The van der Waals surface area contributed by atoms with Gasteiger partial charge in [-0.3, -0.25) is 9.59 Å². The Bertz CT molecular complexity index is 489. The first-order valence-corrected chi connectivity index (χ1v) is 6.03. The number of amides is 2. The highest BCUT2D eigenvalue weighted by atomic mass is 16.5. The number of hydrogen-bond acceptors (Lipinski definition) is 4. The molecule has 6 heteroatoms. The summed E-state index contributed by atoms with van der Waals surface area (Å²) in [7, 11) is 0. The standard InChI is InChI=1S/C13H16N2O4/c14-13(18)10-8-19-6-5-15(10)12(17)7-9-3-1-2-4-11(9)16/h1-4,10,16H,5-8H2,(H2,14,18). The molecule has 1 unspecified atom stereocenters. The van der Waals surface area contributed by atoms with Crippen LogP contribution < -0.4 is 5.73 Å². The average Bonchev–Trinajstić information content (AvgIpc) is 2.41. The number of phenols is 1. The maximum atomic E-state index is 12.2. The van der Waals surface area contributed by atoms with Gasteiger partial charge in [0.25, 0.3) is 0 Å². The van der Waals surface area contributed by atoms with Gasteiger partial charge in [-0.25, -0.2) is 0 Å². The highest BCUT2D eigenvalue weighted by Crippen LogP contribution is 2.18. The van der Waals surface area contributed by atoms with Crippen LogP contribution in [0.2, 0.25) is 0 Å². The number of morpholine rings is 1. The summed E-state index contributed by atoms with van der Waals surface area (Å²) in [4.78, 5) is 24.9.